The molecular weight excluding hydrogens is 296 g/mol. The lowest BCUT2D eigenvalue weighted by Gasteiger charge is -2.08. The fourth-order valence-corrected chi connectivity index (χ4v) is 3.31. The predicted octanol–water partition coefficient (Wildman–Crippen LogP) is 3.46. The van der Waals surface area contributed by atoms with Crippen molar-refractivity contribution in [2.24, 2.45) is 0 Å². The maximum atomic E-state index is 12.5. The van der Waals surface area contributed by atoms with E-state index >= 15 is 0 Å². The van der Waals surface area contributed by atoms with Crippen LogP contribution in [0.4, 0.5) is 0 Å². The minimum absolute atomic E-state index is 0.0133. The smallest absolute Gasteiger partial charge is 0.262 e. The van der Waals surface area contributed by atoms with Crippen molar-refractivity contribution in [3.63, 3.8) is 0 Å². The number of nitrogens with zero attached hydrogens (tertiary/aromatic N) is 2. The number of hydrogen-bond donors (Lipinski definition) is 0. The summed E-state index contributed by atoms with van der Waals surface area (Å²) in [5, 5.41) is 0.736. The fraction of sp³-hybridized carbons (Fsp3) is 0.294. The van der Waals surface area contributed by atoms with Crippen molar-refractivity contribution < 1.29 is 4.74 Å². The van der Waals surface area contributed by atoms with E-state index in [4.69, 9.17) is 4.74 Å². The highest BCUT2D eigenvalue weighted by molar-refractivity contribution is 7.18. The average Bonchev–Trinajstić information content (AvgIpc) is 2.79. The number of rotatable bonds is 4. The van der Waals surface area contributed by atoms with Gasteiger partial charge >= 0.3 is 0 Å². The Balaban J connectivity index is 1.77. The Kier molecular flexibility index (Phi) is 3.98. The highest BCUT2D eigenvalue weighted by Crippen LogP contribution is 2.25. The van der Waals surface area contributed by atoms with Crippen LogP contribution >= 0.6 is 11.3 Å². The summed E-state index contributed by atoms with van der Waals surface area (Å²) in [5.74, 6) is 0.815. The minimum atomic E-state index is 0.0133. The molecule has 0 saturated heterocycles. The van der Waals surface area contributed by atoms with E-state index < -0.39 is 0 Å². The van der Waals surface area contributed by atoms with Crippen LogP contribution in [0.15, 0.2) is 35.4 Å². The molecule has 0 unspecified atom stereocenters. The van der Waals surface area contributed by atoms with E-state index in [1.54, 1.807) is 22.2 Å². The summed E-state index contributed by atoms with van der Waals surface area (Å²) in [5.41, 5.74) is 2.24. The number of aryl methyl sites for hydroxylation is 3. The topological polar surface area (TPSA) is 44.1 Å². The van der Waals surface area contributed by atoms with Gasteiger partial charge in [0.25, 0.3) is 5.56 Å². The molecular formula is C17H18N2O2S. The van der Waals surface area contributed by atoms with E-state index in [0.717, 1.165) is 26.4 Å². The van der Waals surface area contributed by atoms with Gasteiger partial charge in [0.1, 0.15) is 17.2 Å². The van der Waals surface area contributed by atoms with E-state index in [0.29, 0.717) is 13.2 Å². The molecule has 0 fully saturated rings. The SMILES string of the molecule is Cc1ccc(OCCn2cnc3sc(C)c(C)c3c2=O)cc1. The van der Waals surface area contributed by atoms with Gasteiger partial charge < -0.3 is 4.74 Å². The first-order valence-corrected chi connectivity index (χ1v) is 8.02. The second kappa shape index (κ2) is 5.93. The van der Waals surface area contributed by atoms with Crippen LogP contribution in [-0.2, 0) is 6.54 Å². The van der Waals surface area contributed by atoms with E-state index in [1.807, 2.05) is 45.0 Å². The lowest BCUT2D eigenvalue weighted by atomic mass is 10.2. The molecule has 0 aliphatic carbocycles. The first-order chi connectivity index (χ1) is 10.6. The van der Waals surface area contributed by atoms with Crippen molar-refractivity contribution in [2.75, 3.05) is 6.61 Å². The third-order valence-corrected chi connectivity index (χ3v) is 4.89. The van der Waals surface area contributed by atoms with Gasteiger partial charge in [-0.25, -0.2) is 4.98 Å². The molecule has 0 bridgehead atoms. The molecule has 0 saturated carbocycles. The van der Waals surface area contributed by atoms with Gasteiger partial charge in [-0.15, -0.1) is 11.3 Å². The summed E-state index contributed by atoms with van der Waals surface area (Å²) < 4.78 is 7.30. The Morgan fingerprint density at radius 2 is 1.91 bits per heavy atom. The summed E-state index contributed by atoms with van der Waals surface area (Å²) in [6.45, 7) is 6.97. The van der Waals surface area contributed by atoms with Crippen LogP contribution in [-0.4, -0.2) is 16.2 Å². The number of ether oxygens (including phenoxy) is 1. The zero-order valence-electron chi connectivity index (χ0n) is 12.9. The molecule has 0 aliphatic rings. The average molecular weight is 314 g/mol. The molecule has 22 heavy (non-hydrogen) atoms. The van der Waals surface area contributed by atoms with Crippen LogP contribution in [0.5, 0.6) is 5.75 Å². The minimum Gasteiger partial charge on any atom is -0.492 e. The largest absolute Gasteiger partial charge is 0.492 e. The number of hydrogen-bond acceptors (Lipinski definition) is 4. The molecule has 4 nitrogen and oxygen atoms in total. The Morgan fingerprint density at radius 3 is 2.64 bits per heavy atom. The zero-order valence-corrected chi connectivity index (χ0v) is 13.7. The summed E-state index contributed by atoms with van der Waals surface area (Å²) in [6, 6.07) is 7.89. The standard InChI is InChI=1S/C17H18N2O2S/c1-11-4-6-14(7-5-11)21-9-8-19-10-18-16-15(17(19)20)12(2)13(3)22-16/h4-7,10H,8-9H2,1-3H3. The Labute approximate surface area is 133 Å². The van der Waals surface area contributed by atoms with Crippen LogP contribution in [0.2, 0.25) is 0 Å². The number of fused-ring (bicyclic) bond motifs is 1. The van der Waals surface area contributed by atoms with Crippen LogP contribution in [0, 0.1) is 20.8 Å². The molecule has 0 spiro atoms. The molecule has 2 aromatic heterocycles. The monoisotopic (exact) mass is 314 g/mol. The van der Waals surface area contributed by atoms with Crippen molar-refractivity contribution in [1.82, 2.24) is 9.55 Å². The second-order valence-corrected chi connectivity index (χ2v) is 6.57. The summed E-state index contributed by atoms with van der Waals surface area (Å²) in [4.78, 5) is 18.9. The lowest BCUT2D eigenvalue weighted by molar-refractivity contribution is 0.296. The van der Waals surface area contributed by atoms with Crippen LogP contribution in [0.1, 0.15) is 16.0 Å². The number of thiophene rings is 1. The van der Waals surface area contributed by atoms with Gasteiger partial charge in [-0.1, -0.05) is 17.7 Å². The Bertz CT molecular complexity index is 863. The highest BCUT2D eigenvalue weighted by Gasteiger charge is 2.11. The van der Waals surface area contributed by atoms with Crippen LogP contribution < -0.4 is 10.3 Å². The molecule has 0 amide bonds. The van der Waals surface area contributed by atoms with Gasteiger partial charge in [0.2, 0.25) is 0 Å². The molecule has 0 atom stereocenters. The molecule has 3 aromatic rings. The fourth-order valence-electron chi connectivity index (χ4n) is 2.33. The van der Waals surface area contributed by atoms with E-state index in [1.165, 1.54) is 5.56 Å². The maximum absolute atomic E-state index is 12.5. The molecule has 0 aliphatic heterocycles. The molecule has 2 heterocycles. The summed E-state index contributed by atoms with van der Waals surface area (Å²) >= 11 is 1.57. The summed E-state index contributed by atoms with van der Waals surface area (Å²) in [7, 11) is 0. The van der Waals surface area contributed by atoms with E-state index in [-0.39, 0.29) is 5.56 Å². The lowest BCUT2D eigenvalue weighted by Crippen LogP contribution is -2.23. The van der Waals surface area contributed by atoms with Crippen molar-refractivity contribution in [2.45, 2.75) is 27.3 Å². The Morgan fingerprint density at radius 1 is 1.18 bits per heavy atom. The molecule has 114 valence electrons. The van der Waals surface area contributed by atoms with Crippen molar-refractivity contribution >= 4 is 21.6 Å². The third-order valence-electron chi connectivity index (χ3n) is 3.78. The molecule has 5 heteroatoms. The van der Waals surface area contributed by atoms with Gasteiger partial charge in [-0.05, 0) is 38.5 Å². The van der Waals surface area contributed by atoms with Gasteiger partial charge in [0.15, 0.2) is 0 Å². The van der Waals surface area contributed by atoms with Gasteiger partial charge in [0, 0.05) is 4.88 Å². The van der Waals surface area contributed by atoms with Crippen molar-refractivity contribution in [3.05, 3.63) is 57.0 Å². The van der Waals surface area contributed by atoms with E-state index in [9.17, 15) is 4.79 Å². The molecule has 0 N–H and O–H groups in total. The quantitative estimate of drug-likeness (QED) is 0.741. The van der Waals surface area contributed by atoms with Crippen LogP contribution in [0.3, 0.4) is 0 Å². The van der Waals surface area contributed by atoms with Gasteiger partial charge in [0.05, 0.1) is 18.3 Å². The molecule has 3 rings (SSSR count). The van der Waals surface area contributed by atoms with Gasteiger partial charge in [-0.3, -0.25) is 9.36 Å². The highest BCUT2D eigenvalue weighted by atomic mass is 32.1. The molecule has 0 radical (unpaired) electrons. The first-order valence-electron chi connectivity index (χ1n) is 7.21. The molecule has 1 aromatic carbocycles. The van der Waals surface area contributed by atoms with Crippen LogP contribution in [0.25, 0.3) is 10.2 Å². The summed E-state index contributed by atoms with van der Waals surface area (Å²) in [6.07, 6.45) is 1.61. The zero-order chi connectivity index (χ0) is 15.7. The van der Waals surface area contributed by atoms with Crippen molar-refractivity contribution in [3.8, 4) is 5.75 Å². The second-order valence-electron chi connectivity index (χ2n) is 5.37. The maximum Gasteiger partial charge on any atom is 0.262 e. The predicted molar refractivity (Wildman–Crippen MR) is 90.0 cm³/mol. The number of benzene rings is 1. The van der Waals surface area contributed by atoms with Gasteiger partial charge in [-0.2, -0.15) is 0 Å². The Hall–Kier alpha value is -2.14. The number of aromatic nitrogens is 2. The van der Waals surface area contributed by atoms with E-state index in [2.05, 4.69) is 4.98 Å². The third kappa shape index (κ3) is 2.76. The normalized spacial score (nSPS) is 11.0. The van der Waals surface area contributed by atoms with Crippen molar-refractivity contribution in [1.29, 1.82) is 0 Å². The first kappa shape index (κ1) is 14.8.